The molecule has 0 aromatic carbocycles. The van der Waals surface area contributed by atoms with Crippen LogP contribution >= 0.6 is 11.3 Å². The average Bonchev–Trinajstić information content (AvgIpc) is 2.65. The standard InChI is InChI=1S/C11H10N2O3S/c1-6(11(15)16)3-13-5-12-8-7(2)4-17-9(8)10(13)14/h4-5H,1,3H2,2H3,(H,15,16). The minimum absolute atomic E-state index is 0.0403. The van der Waals surface area contributed by atoms with E-state index in [0.29, 0.717) is 10.2 Å². The lowest BCUT2D eigenvalue weighted by molar-refractivity contribution is -0.132. The molecule has 0 saturated heterocycles. The summed E-state index contributed by atoms with van der Waals surface area (Å²) in [5.74, 6) is -1.11. The molecule has 0 bridgehead atoms. The Bertz CT molecular complexity index is 669. The second kappa shape index (κ2) is 4.14. The van der Waals surface area contributed by atoms with E-state index in [9.17, 15) is 9.59 Å². The molecular formula is C11H10N2O3S. The van der Waals surface area contributed by atoms with E-state index in [0.717, 1.165) is 5.56 Å². The van der Waals surface area contributed by atoms with Crippen molar-refractivity contribution in [1.82, 2.24) is 9.55 Å². The van der Waals surface area contributed by atoms with Gasteiger partial charge in [-0.2, -0.15) is 0 Å². The van der Waals surface area contributed by atoms with Crippen molar-refractivity contribution in [2.45, 2.75) is 13.5 Å². The fourth-order valence-corrected chi connectivity index (χ4v) is 2.40. The van der Waals surface area contributed by atoms with Crippen molar-refractivity contribution in [3.05, 3.63) is 39.8 Å². The van der Waals surface area contributed by atoms with Crippen molar-refractivity contribution in [1.29, 1.82) is 0 Å². The summed E-state index contributed by atoms with van der Waals surface area (Å²) in [5, 5.41) is 10.6. The van der Waals surface area contributed by atoms with Crippen molar-refractivity contribution >= 4 is 27.5 Å². The van der Waals surface area contributed by atoms with E-state index < -0.39 is 5.97 Å². The van der Waals surface area contributed by atoms with E-state index in [2.05, 4.69) is 11.6 Å². The highest BCUT2D eigenvalue weighted by atomic mass is 32.1. The van der Waals surface area contributed by atoms with Crippen molar-refractivity contribution in [2.24, 2.45) is 0 Å². The molecule has 17 heavy (non-hydrogen) atoms. The van der Waals surface area contributed by atoms with E-state index in [4.69, 9.17) is 5.11 Å². The number of carbonyl (C=O) groups is 1. The first-order chi connectivity index (χ1) is 8.00. The maximum atomic E-state index is 12.0. The van der Waals surface area contributed by atoms with Crippen LogP contribution in [0.5, 0.6) is 0 Å². The molecular weight excluding hydrogens is 240 g/mol. The largest absolute Gasteiger partial charge is 0.478 e. The van der Waals surface area contributed by atoms with Gasteiger partial charge in [-0.15, -0.1) is 11.3 Å². The van der Waals surface area contributed by atoms with Gasteiger partial charge in [0.25, 0.3) is 5.56 Å². The number of aliphatic carboxylic acids is 1. The smallest absolute Gasteiger partial charge is 0.332 e. The van der Waals surface area contributed by atoms with E-state index in [1.54, 1.807) is 0 Å². The summed E-state index contributed by atoms with van der Waals surface area (Å²) in [6.07, 6.45) is 1.36. The van der Waals surface area contributed by atoms with E-state index in [1.807, 2.05) is 12.3 Å². The highest BCUT2D eigenvalue weighted by Gasteiger charge is 2.11. The first kappa shape index (κ1) is 11.5. The average molecular weight is 250 g/mol. The first-order valence-electron chi connectivity index (χ1n) is 4.85. The predicted molar refractivity (Wildman–Crippen MR) is 65.4 cm³/mol. The Morgan fingerprint density at radius 1 is 1.65 bits per heavy atom. The van der Waals surface area contributed by atoms with Crippen LogP contribution in [0.2, 0.25) is 0 Å². The second-order valence-electron chi connectivity index (χ2n) is 3.68. The zero-order chi connectivity index (χ0) is 12.6. The Hall–Kier alpha value is -1.95. The third-order valence-electron chi connectivity index (χ3n) is 2.39. The van der Waals surface area contributed by atoms with Crippen LogP contribution in [0.4, 0.5) is 0 Å². The number of thiophene rings is 1. The monoisotopic (exact) mass is 250 g/mol. The Balaban J connectivity index is 2.50. The molecule has 0 unspecified atom stereocenters. The van der Waals surface area contributed by atoms with Crippen LogP contribution in [0.15, 0.2) is 28.7 Å². The lowest BCUT2D eigenvalue weighted by Gasteiger charge is -2.04. The molecule has 0 radical (unpaired) electrons. The number of nitrogens with zero attached hydrogens (tertiary/aromatic N) is 2. The van der Waals surface area contributed by atoms with Crippen LogP contribution in [-0.4, -0.2) is 20.6 Å². The van der Waals surface area contributed by atoms with E-state index >= 15 is 0 Å². The van der Waals surface area contributed by atoms with E-state index in [-0.39, 0.29) is 17.7 Å². The molecule has 2 aromatic heterocycles. The lowest BCUT2D eigenvalue weighted by atomic mass is 10.3. The van der Waals surface area contributed by atoms with Gasteiger partial charge in [0.15, 0.2) is 0 Å². The predicted octanol–water partition coefficient (Wildman–Crippen LogP) is 1.41. The van der Waals surface area contributed by atoms with E-state index in [1.165, 1.54) is 22.2 Å². The summed E-state index contributed by atoms with van der Waals surface area (Å²) in [4.78, 5) is 26.8. The Kier molecular flexibility index (Phi) is 2.81. The van der Waals surface area contributed by atoms with Crippen LogP contribution in [0.3, 0.4) is 0 Å². The van der Waals surface area contributed by atoms with Crippen molar-refractivity contribution in [2.75, 3.05) is 0 Å². The van der Waals surface area contributed by atoms with Crippen LogP contribution in [0.25, 0.3) is 10.2 Å². The molecule has 1 N–H and O–H groups in total. The minimum Gasteiger partial charge on any atom is -0.478 e. The van der Waals surface area contributed by atoms with Crippen molar-refractivity contribution in [3.63, 3.8) is 0 Å². The van der Waals surface area contributed by atoms with Gasteiger partial charge in [-0.05, 0) is 17.9 Å². The number of fused-ring (bicyclic) bond motifs is 1. The zero-order valence-electron chi connectivity index (χ0n) is 9.14. The molecule has 0 fully saturated rings. The van der Waals surface area contributed by atoms with Gasteiger partial charge >= 0.3 is 5.97 Å². The van der Waals surface area contributed by atoms with Gasteiger partial charge in [0, 0.05) is 5.57 Å². The highest BCUT2D eigenvalue weighted by Crippen LogP contribution is 2.19. The number of carboxylic acid groups (broad SMARTS) is 1. The topological polar surface area (TPSA) is 72.2 Å². The van der Waals surface area contributed by atoms with Crippen LogP contribution < -0.4 is 5.56 Å². The Labute approximate surface area is 101 Å². The van der Waals surface area contributed by atoms with Gasteiger partial charge < -0.3 is 5.11 Å². The summed E-state index contributed by atoms with van der Waals surface area (Å²) >= 11 is 1.32. The van der Waals surface area contributed by atoms with Gasteiger partial charge in [-0.1, -0.05) is 6.58 Å². The summed E-state index contributed by atoms with van der Waals surface area (Å²) in [6, 6.07) is 0. The summed E-state index contributed by atoms with van der Waals surface area (Å²) in [6.45, 7) is 5.23. The molecule has 2 aromatic rings. The summed E-state index contributed by atoms with van der Waals surface area (Å²) < 4.78 is 1.80. The molecule has 0 spiro atoms. The van der Waals surface area contributed by atoms with Crippen molar-refractivity contribution in [3.8, 4) is 0 Å². The quantitative estimate of drug-likeness (QED) is 0.836. The first-order valence-corrected chi connectivity index (χ1v) is 5.73. The number of aryl methyl sites for hydroxylation is 1. The fraction of sp³-hybridized carbons (Fsp3) is 0.182. The molecule has 0 aliphatic rings. The fourth-order valence-electron chi connectivity index (χ4n) is 1.45. The third kappa shape index (κ3) is 1.99. The lowest BCUT2D eigenvalue weighted by Crippen LogP contribution is -2.22. The molecule has 0 amide bonds. The molecule has 0 atom stereocenters. The summed E-state index contributed by atoms with van der Waals surface area (Å²) in [5.41, 5.74) is 1.36. The molecule has 0 saturated carbocycles. The number of aromatic nitrogens is 2. The molecule has 88 valence electrons. The number of hydrogen-bond acceptors (Lipinski definition) is 4. The van der Waals surface area contributed by atoms with Gasteiger partial charge in [-0.3, -0.25) is 9.36 Å². The number of carboxylic acids is 1. The van der Waals surface area contributed by atoms with Crippen LogP contribution in [0.1, 0.15) is 5.56 Å². The molecule has 2 heterocycles. The van der Waals surface area contributed by atoms with Gasteiger partial charge in [0.1, 0.15) is 4.70 Å². The maximum absolute atomic E-state index is 12.0. The van der Waals surface area contributed by atoms with Gasteiger partial charge in [0.2, 0.25) is 0 Å². The zero-order valence-corrected chi connectivity index (χ0v) is 9.95. The Morgan fingerprint density at radius 2 is 2.35 bits per heavy atom. The van der Waals surface area contributed by atoms with Crippen LogP contribution in [0, 0.1) is 6.92 Å². The third-order valence-corrected chi connectivity index (χ3v) is 3.46. The van der Waals surface area contributed by atoms with Crippen LogP contribution in [-0.2, 0) is 11.3 Å². The summed E-state index contributed by atoms with van der Waals surface area (Å²) in [7, 11) is 0. The SMILES string of the molecule is C=C(Cn1cnc2c(C)csc2c1=O)C(=O)O. The molecule has 5 nitrogen and oxygen atoms in total. The molecule has 0 aliphatic carbocycles. The number of hydrogen-bond donors (Lipinski definition) is 1. The van der Waals surface area contributed by atoms with Gasteiger partial charge in [-0.25, -0.2) is 9.78 Å². The minimum atomic E-state index is -1.11. The normalized spacial score (nSPS) is 10.6. The maximum Gasteiger partial charge on any atom is 0.332 e. The molecule has 0 aliphatic heterocycles. The molecule has 6 heteroatoms. The highest BCUT2D eigenvalue weighted by molar-refractivity contribution is 7.17. The van der Waals surface area contributed by atoms with Gasteiger partial charge in [0.05, 0.1) is 18.4 Å². The second-order valence-corrected chi connectivity index (χ2v) is 4.56. The Morgan fingerprint density at radius 3 is 3.00 bits per heavy atom. The molecule has 2 rings (SSSR count). The number of rotatable bonds is 3. The van der Waals surface area contributed by atoms with Crippen molar-refractivity contribution < 1.29 is 9.90 Å².